The molecule has 0 aromatic heterocycles. The highest BCUT2D eigenvalue weighted by atomic mass is 16.5. The van der Waals surface area contributed by atoms with Crippen LogP contribution in [0.4, 0.5) is 0 Å². The van der Waals surface area contributed by atoms with Crippen molar-refractivity contribution in [1.82, 2.24) is 4.90 Å². The zero-order valence-electron chi connectivity index (χ0n) is 16.9. The number of nitrogens with zero attached hydrogens (tertiary/aromatic N) is 1. The number of carbonyl (C=O) groups is 2. The maximum atomic E-state index is 13.3. The molecule has 1 fully saturated rings. The molecule has 1 aliphatic heterocycles. The van der Waals surface area contributed by atoms with Crippen LogP contribution in [0.15, 0.2) is 30.4 Å². The Balaban J connectivity index is 1.81. The summed E-state index contributed by atoms with van der Waals surface area (Å²) in [5.74, 6) is 0.492. The number of benzene rings is 1. The van der Waals surface area contributed by atoms with Crippen LogP contribution >= 0.6 is 0 Å². The van der Waals surface area contributed by atoms with Crippen molar-refractivity contribution in [2.45, 2.75) is 20.8 Å². The largest absolute Gasteiger partial charge is 0.491 e. The van der Waals surface area contributed by atoms with Gasteiger partial charge in [0.05, 0.1) is 18.1 Å². The predicted octanol–water partition coefficient (Wildman–Crippen LogP) is 2.41. The highest BCUT2D eigenvalue weighted by Crippen LogP contribution is 2.40. The van der Waals surface area contributed by atoms with Crippen molar-refractivity contribution >= 4 is 11.9 Å². The Hall–Kier alpha value is -2.34. The highest BCUT2D eigenvalue weighted by Gasteiger charge is 2.46. The van der Waals surface area contributed by atoms with Gasteiger partial charge in [0.2, 0.25) is 0 Å². The Morgan fingerprint density at radius 1 is 1.25 bits per heavy atom. The standard InChI is InChI=1S/C22H30N2O4/c1-4-27-22(26)20-15(3)6-7-16-12-24(13-18(16)20)21(25)17-11-14(2)5-8-19(17)28-10-9-23/h5-8,11,15-16,18,20H,4,9-10,12-13,23H2,1-3H3/t15-,16-,18-,20-/m0/s1. The van der Waals surface area contributed by atoms with E-state index in [1.54, 1.807) is 0 Å². The fourth-order valence-corrected chi connectivity index (χ4v) is 4.34. The van der Waals surface area contributed by atoms with Crippen LogP contribution in [0.2, 0.25) is 0 Å². The van der Waals surface area contributed by atoms with Gasteiger partial charge in [0.25, 0.3) is 5.91 Å². The van der Waals surface area contributed by atoms with Crippen molar-refractivity contribution in [3.05, 3.63) is 41.5 Å². The molecular formula is C22H30N2O4. The number of esters is 1. The van der Waals surface area contributed by atoms with Crippen LogP contribution in [-0.2, 0) is 9.53 Å². The van der Waals surface area contributed by atoms with E-state index in [2.05, 4.69) is 12.2 Å². The molecule has 1 aliphatic carbocycles. The van der Waals surface area contributed by atoms with E-state index in [0.29, 0.717) is 44.2 Å². The van der Waals surface area contributed by atoms with Gasteiger partial charge in [0, 0.05) is 19.6 Å². The number of allylic oxidation sites excluding steroid dienone is 1. The first-order chi connectivity index (χ1) is 13.5. The molecule has 2 N–H and O–H groups in total. The highest BCUT2D eigenvalue weighted by molar-refractivity contribution is 5.97. The molecule has 1 aromatic carbocycles. The van der Waals surface area contributed by atoms with Crippen LogP contribution < -0.4 is 10.5 Å². The summed E-state index contributed by atoms with van der Waals surface area (Å²) in [5, 5.41) is 0. The van der Waals surface area contributed by atoms with Crippen LogP contribution in [0.3, 0.4) is 0 Å². The monoisotopic (exact) mass is 386 g/mol. The minimum absolute atomic E-state index is 0.0613. The normalized spacial score (nSPS) is 26.1. The van der Waals surface area contributed by atoms with Crippen molar-refractivity contribution < 1.29 is 19.1 Å². The second kappa shape index (κ2) is 8.78. The lowest BCUT2D eigenvalue weighted by atomic mass is 9.72. The Kier molecular flexibility index (Phi) is 6.39. The average Bonchev–Trinajstić information content (AvgIpc) is 3.10. The van der Waals surface area contributed by atoms with Crippen molar-refractivity contribution in [2.75, 3.05) is 32.8 Å². The molecule has 6 heteroatoms. The summed E-state index contributed by atoms with van der Waals surface area (Å²) in [6, 6.07) is 5.61. The third-order valence-electron chi connectivity index (χ3n) is 5.69. The second-order valence-corrected chi connectivity index (χ2v) is 7.70. The van der Waals surface area contributed by atoms with Gasteiger partial charge in [-0.2, -0.15) is 0 Å². The molecule has 28 heavy (non-hydrogen) atoms. The van der Waals surface area contributed by atoms with E-state index in [1.165, 1.54) is 0 Å². The zero-order chi connectivity index (χ0) is 20.3. The molecule has 0 bridgehead atoms. The SMILES string of the molecule is CCOC(=O)[C@@H]1[C@H]2CN(C(=O)c3cc(C)ccc3OCCN)C[C@@H]2C=C[C@@H]1C. The number of hydrogen-bond donors (Lipinski definition) is 1. The Labute approximate surface area is 166 Å². The first-order valence-corrected chi connectivity index (χ1v) is 10.0. The van der Waals surface area contributed by atoms with Crippen LogP contribution in [-0.4, -0.2) is 49.6 Å². The van der Waals surface area contributed by atoms with E-state index in [9.17, 15) is 9.59 Å². The van der Waals surface area contributed by atoms with Crippen molar-refractivity contribution in [3.63, 3.8) is 0 Å². The fraction of sp³-hybridized carbons (Fsp3) is 0.545. The van der Waals surface area contributed by atoms with E-state index in [-0.39, 0.29) is 35.5 Å². The summed E-state index contributed by atoms with van der Waals surface area (Å²) in [7, 11) is 0. The zero-order valence-corrected chi connectivity index (χ0v) is 16.9. The molecule has 1 aromatic rings. The minimum Gasteiger partial charge on any atom is -0.491 e. The number of nitrogens with two attached hydrogens (primary N) is 1. The van der Waals surface area contributed by atoms with Gasteiger partial charge in [0.1, 0.15) is 12.4 Å². The topological polar surface area (TPSA) is 81.9 Å². The first kappa shape index (κ1) is 20.4. The van der Waals surface area contributed by atoms with Gasteiger partial charge in [-0.3, -0.25) is 9.59 Å². The molecular weight excluding hydrogens is 356 g/mol. The summed E-state index contributed by atoms with van der Waals surface area (Å²) in [5.41, 5.74) is 7.09. The van der Waals surface area contributed by atoms with E-state index in [4.69, 9.17) is 15.2 Å². The van der Waals surface area contributed by atoms with Gasteiger partial charge in [-0.25, -0.2) is 0 Å². The summed E-state index contributed by atoms with van der Waals surface area (Å²) in [6.45, 7) is 8.09. The van der Waals surface area contributed by atoms with Gasteiger partial charge in [-0.1, -0.05) is 30.7 Å². The lowest BCUT2D eigenvalue weighted by Gasteiger charge is -2.31. The number of fused-ring (bicyclic) bond motifs is 1. The van der Waals surface area contributed by atoms with Crippen molar-refractivity contribution in [1.29, 1.82) is 0 Å². The smallest absolute Gasteiger partial charge is 0.309 e. The number of amides is 1. The number of carbonyl (C=O) groups excluding carboxylic acids is 2. The second-order valence-electron chi connectivity index (χ2n) is 7.70. The summed E-state index contributed by atoms with van der Waals surface area (Å²) >= 11 is 0. The van der Waals surface area contributed by atoms with Crippen LogP contribution in [0.25, 0.3) is 0 Å². The van der Waals surface area contributed by atoms with Crippen LogP contribution in [0.1, 0.15) is 29.8 Å². The lowest BCUT2D eigenvalue weighted by Crippen LogP contribution is -2.37. The van der Waals surface area contributed by atoms with Gasteiger partial charge in [-0.15, -0.1) is 0 Å². The Morgan fingerprint density at radius 3 is 2.75 bits per heavy atom. The molecule has 1 heterocycles. The molecule has 1 saturated heterocycles. The predicted molar refractivity (Wildman–Crippen MR) is 107 cm³/mol. The molecule has 3 rings (SSSR count). The van der Waals surface area contributed by atoms with Crippen LogP contribution in [0.5, 0.6) is 5.75 Å². The summed E-state index contributed by atoms with van der Waals surface area (Å²) < 4.78 is 11.0. The fourth-order valence-electron chi connectivity index (χ4n) is 4.34. The Bertz CT molecular complexity index is 761. The van der Waals surface area contributed by atoms with E-state index in [1.807, 2.05) is 43.9 Å². The van der Waals surface area contributed by atoms with Crippen LogP contribution in [0, 0.1) is 30.6 Å². The summed E-state index contributed by atoms with van der Waals surface area (Å²) in [4.78, 5) is 27.6. The van der Waals surface area contributed by atoms with Gasteiger partial charge in [-0.05, 0) is 43.7 Å². The minimum atomic E-state index is -0.210. The van der Waals surface area contributed by atoms with Gasteiger partial charge >= 0.3 is 5.97 Å². The molecule has 0 saturated carbocycles. The third-order valence-corrected chi connectivity index (χ3v) is 5.69. The molecule has 0 unspecified atom stereocenters. The number of hydrogen-bond acceptors (Lipinski definition) is 5. The quantitative estimate of drug-likeness (QED) is 0.600. The first-order valence-electron chi connectivity index (χ1n) is 10.0. The molecule has 0 spiro atoms. The lowest BCUT2D eigenvalue weighted by molar-refractivity contribution is -0.152. The molecule has 4 atom stereocenters. The van der Waals surface area contributed by atoms with E-state index >= 15 is 0 Å². The van der Waals surface area contributed by atoms with Crippen molar-refractivity contribution in [3.8, 4) is 5.75 Å². The Morgan fingerprint density at radius 2 is 2.04 bits per heavy atom. The number of ether oxygens (including phenoxy) is 2. The van der Waals surface area contributed by atoms with Crippen molar-refractivity contribution in [2.24, 2.45) is 29.4 Å². The molecule has 1 amide bonds. The van der Waals surface area contributed by atoms with E-state index < -0.39 is 0 Å². The maximum Gasteiger partial charge on any atom is 0.309 e. The number of aryl methyl sites for hydroxylation is 1. The maximum absolute atomic E-state index is 13.3. The third kappa shape index (κ3) is 4.07. The van der Waals surface area contributed by atoms with Gasteiger partial charge in [0.15, 0.2) is 0 Å². The molecule has 2 aliphatic rings. The van der Waals surface area contributed by atoms with E-state index in [0.717, 1.165) is 5.56 Å². The molecule has 6 nitrogen and oxygen atoms in total. The number of likely N-dealkylation sites (tertiary alicyclic amines) is 1. The molecule has 0 radical (unpaired) electrons. The number of rotatable bonds is 6. The summed E-state index contributed by atoms with van der Waals surface area (Å²) in [6.07, 6.45) is 4.24. The average molecular weight is 386 g/mol. The van der Waals surface area contributed by atoms with Gasteiger partial charge < -0.3 is 20.1 Å². The molecule has 152 valence electrons.